The Morgan fingerprint density at radius 2 is 1.92 bits per heavy atom. The first kappa shape index (κ1) is 18.2. The van der Waals surface area contributed by atoms with E-state index in [9.17, 15) is 4.79 Å². The van der Waals surface area contributed by atoms with E-state index in [0.717, 1.165) is 43.9 Å². The van der Waals surface area contributed by atoms with Gasteiger partial charge in [-0.1, -0.05) is 44.2 Å². The van der Waals surface area contributed by atoms with Crippen molar-refractivity contribution in [3.63, 3.8) is 0 Å². The Bertz CT molecular complexity index is 618. The van der Waals surface area contributed by atoms with Crippen molar-refractivity contribution >= 4 is 5.78 Å². The van der Waals surface area contributed by atoms with Gasteiger partial charge < -0.3 is 10.1 Å². The van der Waals surface area contributed by atoms with Gasteiger partial charge in [0.1, 0.15) is 11.9 Å². The number of ketones is 1. The monoisotopic (exact) mass is 342 g/mol. The molecule has 4 heteroatoms. The summed E-state index contributed by atoms with van der Waals surface area (Å²) >= 11 is 0. The molecule has 0 aromatic heterocycles. The molecule has 1 saturated heterocycles. The zero-order valence-corrected chi connectivity index (χ0v) is 15.6. The molecule has 0 radical (unpaired) electrons. The fraction of sp³-hybridized carbons (Fsp3) is 0.571. The Morgan fingerprint density at radius 3 is 2.56 bits per heavy atom. The van der Waals surface area contributed by atoms with Gasteiger partial charge in [0.2, 0.25) is 0 Å². The summed E-state index contributed by atoms with van der Waals surface area (Å²) in [6.45, 7) is 10.1. The number of rotatable bonds is 5. The number of nitrogens with one attached hydrogen (secondary N) is 1. The highest BCUT2D eigenvalue weighted by molar-refractivity contribution is 5.97. The van der Waals surface area contributed by atoms with Crippen molar-refractivity contribution in [2.45, 2.75) is 45.8 Å². The SMILES string of the molecule is CC1=C(C(=O)CC(C)C)C(N2CCNCC2)CC(c2ccccc2)O1. The van der Waals surface area contributed by atoms with Gasteiger partial charge in [-0.3, -0.25) is 9.69 Å². The molecule has 0 amide bonds. The number of nitrogens with zero attached hydrogens (tertiary/aromatic N) is 1. The third kappa shape index (κ3) is 4.31. The second-order valence-corrected chi connectivity index (χ2v) is 7.55. The molecule has 2 unspecified atom stereocenters. The van der Waals surface area contributed by atoms with Crippen LogP contribution in [0.4, 0.5) is 0 Å². The summed E-state index contributed by atoms with van der Waals surface area (Å²) in [6, 6.07) is 10.5. The predicted molar refractivity (Wildman–Crippen MR) is 100 cm³/mol. The summed E-state index contributed by atoms with van der Waals surface area (Å²) in [5.41, 5.74) is 2.10. The maximum atomic E-state index is 12.9. The first-order chi connectivity index (χ1) is 12.1. The zero-order valence-electron chi connectivity index (χ0n) is 15.6. The Morgan fingerprint density at radius 1 is 1.24 bits per heavy atom. The number of carbonyl (C=O) groups excluding carboxylic acids is 1. The molecular weight excluding hydrogens is 312 g/mol. The standard InChI is InChI=1S/C21H30N2O2/c1-15(2)13-19(24)21-16(3)25-20(17-7-5-4-6-8-17)14-18(21)23-11-9-22-10-12-23/h4-8,15,18,20,22H,9-14H2,1-3H3. The molecule has 1 N–H and O–H groups in total. The fourth-order valence-electron chi connectivity index (χ4n) is 3.94. The minimum Gasteiger partial charge on any atom is -0.490 e. The molecular formula is C21H30N2O2. The number of carbonyl (C=O) groups is 1. The largest absolute Gasteiger partial charge is 0.490 e. The number of Topliss-reactive ketones (excluding diaryl/α,β-unsaturated/α-hetero) is 1. The van der Waals surface area contributed by atoms with Crippen LogP contribution < -0.4 is 5.32 Å². The summed E-state index contributed by atoms with van der Waals surface area (Å²) in [6.07, 6.45) is 1.46. The molecule has 0 spiro atoms. The molecule has 3 rings (SSSR count). The van der Waals surface area contributed by atoms with Gasteiger partial charge >= 0.3 is 0 Å². The molecule has 1 aromatic carbocycles. The van der Waals surface area contributed by atoms with E-state index in [0.29, 0.717) is 12.3 Å². The van der Waals surface area contributed by atoms with E-state index < -0.39 is 0 Å². The average molecular weight is 342 g/mol. The number of benzene rings is 1. The van der Waals surface area contributed by atoms with Crippen LogP contribution in [0.5, 0.6) is 0 Å². The highest BCUT2D eigenvalue weighted by Crippen LogP contribution is 2.37. The maximum absolute atomic E-state index is 12.9. The Kier molecular flexibility index (Phi) is 5.92. The molecule has 2 atom stereocenters. The molecule has 25 heavy (non-hydrogen) atoms. The second kappa shape index (κ2) is 8.15. The van der Waals surface area contributed by atoms with Gasteiger partial charge in [0, 0.05) is 50.6 Å². The van der Waals surface area contributed by atoms with E-state index in [-0.39, 0.29) is 17.9 Å². The van der Waals surface area contributed by atoms with Crippen molar-refractivity contribution in [2.75, 3.05) is 26.2 Å². The summed E-state index contributed by atoms with van der Waals surface area (Å²) in [5.74, 6) is 1.43. The third-order valence-corrected chi connectivity index (χ3v) is 5.13. The van der Waals surface area contributed by atoms with Crippen molar-refractivity contribution in [1.82, 2.24) is 10.2 Å². The summed E-state index contributed by atoms with van der Waals surface area (Å²) in [4.78, 5) is 15.4. The van der Waals surface area contributed by atoms with E-state index in [2.05, 4.69) is 48.3 Å². The number of hydrogen-bond donors (Lipinski definition) is 1. The predicted octanol–water partition coefficient (Wildman–Crippen LogP) is 3.31. The lowest BCUT2D eigenvalue weighted by Gasteiger charge is -2.41. The summed E-state index contributed by atoms with van der Waals surface area (Å²) < 4.78 is 6.23. The van der Waals surface area contributed by atoms with Crippen LogP contribution in [0.25, 0.3) is 0 Å². The maximum Gasteiger partial charge on any atom is 0.164 e. The summed E-state index contributed by atoms with van der Waals surface area (Å²) in [7, 11) is 0. The molecule has 0 bridgehead atoms. The van der Waals surface area contributed by atoms with Crippen LogP contribution in [0.3, 0.4) is 0 Å². The second-order valence-electron chi connectivity index (χ2n) is 7.55. The van der Waals surface area contributed by atoms with Crippen LogP contribution in [-0.4, -0.2) is 42.9 Å². The summed E-state index contributed by atoms with van der Waals surface area (Å²) in [5, 5.41) is 3.41. The molecule has 2 aliphatic rings. The molecule has 1 aromatic rings. The lowest BCUT2D eigenvalue weighted by atomic mass is 9.87. The third-order valence-electron chi connectivity index (χ3n) is 5.13. The molecule has 0 aliphatic carbocycles. The van der Waals surface area contributed by atoms with Crippen LogP contribution in [0.15, 0.2) is 41.7 Å². The Labute approximate surface area is 151 Å². The van der Waals surface area contributed by atoms with Gasteiger partial charge in [-0.25, -0.2) is 0 Å². The molecule has 136 valence electrons. The van der Waals surface area contributed by atoms with E-state index in [1.165, 1.54) is 5.56 Å². The van der Waals surface area contributed by atoms with Crippen molar-refractivity contribution in [2.24, 2.45) is 5.92 Å². The van der Waals surface area contributed by atoms with Gasteiger partial charge in [0.25, 0.3) is 0 Å². The zero-order chi connectivity index (χ0) is 17.8. The van der Waals surface area contributed by atoms with Crippen LogP contribution in [0.1, 0.15) is 45.3 Å². The van der Waals surface area contributed by atoms with Crippen molar-refractivity contribution in [1.29, 1.82) is 0 Å². The number of piperazine rings is 1. The van der Waals surface area contributed by atoms with Crippen LogP contribution in [0.2, 0.25) is 0 Å². The Balaban J connectivity index is 1.90. The minimum atomic E-state index is 0.0247. The molecule has 2 heterocycles. The van der Waals surface area contributed by atoms with E-state index in [1.807, 2.05) is 13.0 Å². The van der Waals surface area contributed by atoms with E-state index in [1.54, 1.807) is 0 Å². The van der Waals surface area contributed by atoms with Crippen molar-refractivity contribution in [3.8, 4) is 0 Å². The first-order valence-corrected chi connectivity index (χ1v) is 9.46. The Hall–Kier alpha value is -1.65. The first-order valence-electron chi connectivity index (χ1n) is 9.46. The number of allylic oxidation sites excluding steroid dienone is 1. The van der Waals surface area contributed by atoms with Gasteiger partial charge in [-0.15, -0.1) is 0 Å². The van der Waals surface area contributed by atoms with Crippen LogP contribution >= 0.6 is 0 Å². The smallest absolute Gasteiger partial charge is 0.164 e. The lowest BCUT2D eigenvalue weighted by Crippen LogP contribution is -2.51. The van der Waals surface area contributed by atoms with Crippen LogP contribution in [0, 0.1) is 5.92 Å². The molecule has 1 fully saturated rings. The quantitative estimate of drug-likeness (QED) is 0.891. The highest BCUT2D eigenvalue weighted by Gasteiger charge is 2.37. The van der Waals surface area contributed by atoms with Gasteiger partial charge in [-0.05, 0) is 18.4 Å². The van der Waals surface area contributed by atoms with Gasteiger partial charge in [0.15, 0.2) is 5.78 Å². The van der Waals surface area contributed by atoms with Crippen molar-refractivity contribution < 1.29 is 9.53 Å². The van der Waals surface area contributed by atoms with E-state index >= 15 is 0 Å². The van der Waals surface area contributed by atoms with Gasteiger partial charge in [0.05, 0.1) is 0 Å². The molecule has 4 nitrogen and oxygen atoms in total. The molecule has 0 saturated carbocycles. The number of ether oxygens (including phenoxy) is 1. The lowest BCUT2D eigenvalue weighted by molar-refractivity contribution is -0.118. The average Bonchev–Trinajstić information content (AvgIpc) is 2.61. The normalized spacial score (nSPS) is 25.1. The van der Waals surface area contributed by atoms with E-state index in [4.69, 9.17) is 4.74 Å². The minimum absolute atomic E-state index is 0.0247. The topological polar surface area (TPSA) is 41.6 Å². The fourth-order valence-corrected chi connectivity index (χ4v) is 3.94. The van der Waals surface area contributed by atoms with Crippen molar-refractivity contribution in [3.05, 3.63) is 47.2 Å². The van der Waals surface area contributed by atoms with Gasteiger partial charge in [-0.2, -0.15) is 0 Å². The highest BCUT2D eigenvalue weighted by atomic mass is 16.5. The number of hydrogen-bond acceptors (Lipinski definition) is 4. The molecule has 2 aliphatic heterocycles. The van der Waals surface area contributed by atoms with Crippen LogP contribution in [-0.2, 0) is 9.53 Å².